The van der Waals surface area contributed by atoms with Gasteiger partial charge >= 0.3 is 27.6 Å². The van der Waals surface area contributed by atoms with Gasteiger partial charge in [0.05, 0.1) is 32.0 Å². The first-order chi connectivity index (χ1) is 28.2. The number of hydrogen-bond acceptors (Lipinski definition) is 11. The van der Waals surface area contributed by atoms with Crippen LogP contribution in [0.15, 0.2) is 36.5 Å². The van der Waals surface area contributed by atoms with Crippen LogP contribution in [0.25, 0.3) is 0 Å². The maximum atomic E-state index is 12.7. The van der Waals surface area contributed by atoms with Gasteiger partial charge in [-0.2, -0.15) is 0 Å². The van der Waals surface area contributed by atoms with Crippen molar-refractivity contribution in [2.45, 2.75) is 193 Å². The molecule has 1 saturated heterocycles. The Hall–Kier alpha value is -1.70. The molecule has 1 rings (SSSR count). The van der Waals surface area contributed by atoms with E-state index >= 15 is 0 Å². The highest BCUT2D eigenvalue weighted by Crippen LogP contribution is 2.44. The molecule has 1 heterocycles. The van der Waals surface area contributed by atoms with Gasteiger partial charge in [-0.25, -0.2) is 9.13 Å². The fraction of sp³-hybridized carbons (Fsp3) is 0.814. The molecule has 0 aromatic heterocycles. The van der Waals surface area contributed by atoms with Crippen molar-refractivity contribution in [2.75, 3.05) is 26.4 Å². The molecule has 1 aliphatic rings. The lowest BCUT2D eigenvalue weighted by molar-refractivity contribution is -0.161. The van der Waals surface area contributed by atoms with Crippen LogP contribution in [-0.2, 0) is 46.5 Å². The molecule has 14 nitrogen and oxygen atoms in total. The zero-order valence-electron chi connectivity index (χ0n) is 36.2. The van der Waals surface area contributed by atoms with Gasteiger partial charge in [-0.3, -0.25) is 23.2 Å². The van der Waals surface area contributed by atoms with Gasteiger partial charge in [-0.05, 0) is 57.3 Å². The topological polar surface area (TPSA) is 208 Å². The molecule has 1 fully saturated rings. The van der Waals surface area contributed by atoms with Gasteiger partial charge in [0.2, 0.25) is 0 Å². The summed E-state index contributed by atoms with van der Waals surface area (Å²) in [6.45, 7) is 3.99. The Kier molecular flexibility index (Phi) is 32.7. The van der Waals surface area contributed by atoms with E-state index in [9.17, 15) is 28.7 Å². The fourth-order valence-electron chi connectivity index (χ4n) is 6.06. The lowest BCUT2D eigenvalue weighted by atomic mass is 9.99. The smallest absolute Gasteiger partial charge is 0.462 e. The van der Waals surface area contributed by atoms with E-state index in [0.29, 0.717) is 31.5 Å². The largest absolute Gasteiger partial charge is 0.472 e. The number of aliphatic hydroxyl groups excluding tert-OH is 1. The predicted octanol–water partition coefficient (Wildman–Crippen LogP) is 10.1. The summed E-state index contributed by atoms with van der Waals surface area (Å²) in [4.78, 5) is 52.7. The van der Waals surface area contributed by atoms with Gasteiger partial charge in [0.25, 0.3) is 0 Å². The molecule has 0 aliphatic carbocycles. The molecule has 1 aliphatic heterocycles. The highest BCUT2D eigenvalue weighted by Gasteiger charge is 2.36. The second-order valence-corrected chi connectivity index (χ2v) is 18.3. The van der Waals surface area contributed by atoms with E-state index in [0.717, 1.165) is 50.9 Å². The van der Waals surface area contributed by atoms with Gasteiger partial charge in [0.15, 0.2) is 6.10 Å². The summed E-state index contributed by atoms with van der Waals surface area (Å²) in [5.74, 6) is -0.280. The Morgan fingerprint density at radius 2 is 1.19 bits per heavy atom. The van der Waals surface area contributed by atoms with Gasteiger partial charge in [-0.1, -0.05) is 141 Å². The van der Waals surface area contributed by atoms with Crippen molar-refractivity contribution < 1.29 is 66.3 Å². The number of unbranched alkanes of at least 4 members (excludes halogenated alkanes) is 13. The van der Waals surface area contributed by atoms with Crippen LogP contribution in [0.2, 0.25) is 0 Å². The highest BCUT2D eigenvalue weighted by atomic mass is 31.2. The summed E-state index contributed by atoms with van der Waals surface area (Å²) >= 11 is 0. The van der Waals surface area contributed by atoms with E-state index in [1.54, 1.807) is 0 Å². The van der Waals surface area contributed by atoms with Gasteiger partial charge < -0.3 is 34.0 Å². The normalized spacial score (nSPS) is 18.4. The number of allylic oxidation sites excluding steroid dienone is 4. The SMILES string of the molecule is CCCCC/C=C\CC1OC1C/C=C\C/C=C\CCCC(=O)O[C@H](COC(=O)CCCCCCCCCCCCC(C)CC)COP(=O)(O)OC[C@@H](O)COP(=O)(O)O. The molecule has 16 heteroatoms. The first kappa shape index (κ1) is 55.3. The quantitative estimate of drug-likeness (QED) is 0.0149. The van der Waals surface area contributed by atoms with Gasteiger partial charge in [-0.15, -0.1) is 0 Å². The van der Waals surface area contributed by atoms with Crippen LogP contribution in [0, 0.1) is 5.92 Å². The van der Waals surface area contributed by atoms with Crippen LogP contribution in [0.5, 0.6) is 0 Å². The number of carbonyl (C=O) groups excluding carboxylic acids is 2. The van der Waals surface area contributed by atoms with E-state index in [-0.39, 0.29) is 12.8 Å². The molecule has 59 heavy (non-hydrogen) atoms. The number of aliphatic hydroxyl groups is 1. The Labute approximate surface area is 354 Å². The monoisotopic (exact) mass is 880 g/mol. The number of rotatable bonds is 40. The van der Waals surface area contributed by atoms with Crippen LogP contribution in [0.4, 0.5) is 0 Å². The molecule has 4 unspecified atom stereocenters. The number of carbonyl (C=O) groups is 2. The molecule has 0 saturated carbocycles. The second-order valence-electron chi connectivity index (χ2n) is 15.6. The first-order valence-corrected chi connectivity index (χ1v) is 25.2. The molecule has 6 atom stereocenters. The molecule has 0 amide bonds. The third-order valence-electron chi connectivity index (χ3n) is 9.96. The maximum absolute atomic E-state index is 12.7. The van der Waals surface area contributed by atoms with Gasteiger partial charge in [0.1, 0.15) is 12.7 Å². The number of epoxide rings is 1. The average molecular weight is 881 g/mol. The molecule has 0 aromatic rings. The summed E-state index contributed by atoms with van der Waals surface area (Å²) in [5, 5.41) is 9.75. The van der Waals surface area contributed by atoms with Crippen molar-refractivity contribution in [2.24, 2.45) is 5.92 Å². The van der Waals surface area contributed by atoms with Crippen molar-refractivity contribution >= 4 is 27.6 Å². The van der Waals surface area contributed by atoms with Crippen molar-refractivity contribution in [3.63, 3.8) is 0 Å². The highest BCUT2D eigenvalue weighted by molar-refractivity contribution is 7.47. The summed E-state index contributed by atoms with van der Waals surface area (Å²) in [6, 6.07) is 0. The zero-order valence-corrected chi connectivity index (χ0v) is 38.0. The molecular formula is C43H78O14P2. The summed E-state index contributed by atoms with van der Waals surface area (Å²) in [7, 11) is -9.69. The van der Waals surface area contributed by atoms with E-state index in [2.05, 4.69) is 54.1 Å². The predicted molar refractivity (Wildman–Crippen MR) is 229 cm³/mol. The van der Waals surface area contributed by atoms with E-state index in [4.69, 9.17) is 28.5 Å². The summed E-state index contributed by atoms with van der Waals surface area (Å²) in [5.41, 5.74) is 0. The lowest BCUT2D eigenvalue weighted by Crippen LogP contribution is -2.29. The fourth-order valence-corrected chi connectivity index (χ4v) is 7.22. The third-order valence-corrected chi connectivity index (χ3v) is 11.4. The Morgan fingerprint density at radius 1 is 0.644 bits per heavy atom. The standard InChI is InChI=1S/C43H78O14P2/c1-4-6-7-8-19-24-29-40-41(57-40)30-25-20-15-13-17-22-27-32-43(46)56-39(36-55-59(50,51)54-34-38(44)33-53-58(47,48)49)35-52-42(45)31-26-21-16-12-10-9-11-14-18-23-28-37(3)5-2/h13,17,19-20,24-25,37-41,44H,4-12,14-16,18,21-23,26-36H2,1-3H3,(H,50,51)(H2,47,48,49)/b17-13-,24-19-,25-20-/t37?,38-,39+,40?,41?/m0/s1. The van der Waals surface area contributed by atoms with Crippen molar-refractivity contribution in [1.29, 1.82) is 0 Å². The average Bonchev–Trinajstić information content (AvgIpc) is 3.95. The Balaban J connectivity index is 2.40. The van der Waals surface area contributed by atoms with E-state index in [1.807, 2.05) is 12.2 Å². The van der Waals surface area contributed by atoms with Crippen LogP contribution in [-0.4, -0.2) is 82.6 Å². The molecular weight excluding hydrogens is 802 g/mol. The second kappa shape index (κ2) is 34.8. The minimum Gasteiger partial charge on any atom is -0.462 e. The minimum atomic E-state index is -4.87. The molecule has 0 spiro atoms. The maximum Gasteiger partial charge on any atom is 0.472 e. The van der Waals surface area contributed by atoms with Crippen LogP contribution in [0.3, 0.4) is 0 Å². The molecule has 0 bridgehead atoms. The van der Waals surface area contributed by atoms with Crippen LogP contribution in [0.1, 0.15) is 168 Å². The molecule has 0 aromatic carbocycles. The molecule has 4 N–H and O–H groups in total. The molecule has 344 valence electrons. The number of esters is 2. The van der Waals surface area contributed by atoms with Crippen molar-refractivity contribution in [3.8, 4) is 0 Å². The third kappa shape index (κ3) is 35.6. The first-order valence-electron chi connectivity index (χ1n) is 22.2. The molecule has 0 radical (unpaired) electrons. The summed E-state index contributed by atoms with van der Waals surface area (Å²) in [6.07, 6.45) is 33.2. The van der Waals surface area contributed by atoms with Gasteiger partial charge in [0, 0.05) is 12.8 Å². The number of hydrogen-bond donors (Lipinski definition) is 4. The van der Waals surface area contributed by atoms with E-state index in [1.165, 1.54) is 70.6 Å². The van der Waals surface area contributed by atoms with Crippen molar-refractivity contribution in [3.05, 3.63) is 36.5 Å². The van der Waals surface area contributed by atoms with Crippen LogP contribution < -0.4 is 0 Å². The van der Waals surface area contributed by atoms with Crippen molar-refractivity contribution in [1.82, 2.24) is 0 Å². The number of phosphoric ester groups is 2. The van der Waals surface area contributed by atoms with E-state index < -0.39 is 66.2 Å². The number of ether oxygens (including phenoxy) is 3. The lowest BCUT2D eigenvalue weighted by Gasteiger charge is -2.20. The Bertz CT molecular complexity index is 1270. The number of phosphoric acid groups is 2. The summed E-state index contributed by atoms with van der Waals surface area (Å²) < 4.78 is 53.5. The minimum absolute atomic E-state index is 0.0510. The van der Waals surface area contributed by atoms with Crippen LogP contribution >= 0.6 is 15.6 Å². The zero-order chi connectivity index (χ0) is 43.6. The Morgan fingerprint density at radius 3 is 1.83 bits per heavy atom.